The molecule has 108 valence electrons. The van der Waals surface area contributed by atoms with Gasteiger partial charge >= 0.3 is 0 Å². The summed E-state index contributed by atoms with van der Waals surface area (Å²) in [5.74, 6) is 0.963. The van der Waals surface area contributed by atoms with Gasteiger partial charge < -0.3 is 14.7 Å². The van der Waals surface area contributed by atoms with Crippen molar-refractivity contribution >= 4 is 29.3 Å². The number of fused-ring (bicyclic) bond motifs is 3. The third-order valence-corrected chi connectivity index (χ3v) is 4.70. The Hall–Kier alpha value is -0.900. The van der Waals surface area contributed by atoms with Crippen LogP contribution in [0.2, 0.25) is 10.0 Å². The van der Waals surface area contributed by atoms with Crippen molar-refractivity contribution in [1.82, 2.24) is 4.90 Å². The molecule has 3 nitrogen and oxygen atoms in total. The molecule has 3 saturated heterocycles. The van der Waals surface area contributed by atoms with Gasteiger partial charge in [0.15, 0.2) is 0 Å². The molecule has 5 heteroatoms. The van der Waals surface area contributed by atoms with Crippen LogP contribution in [0.15, 0.2) is 17.8 Å². The third-order valence-electron chi connectivity index (χ3n) is 4.20. The van der Waals surface area contributed by atoms with E-state index in [1.165, 1.54) is 0 Å². The predicted molar refractivity (Wildman–Crippen MR) is 81.3 cm³/mol. The molecule has 1 aromatic rings. The Labute approximate surface area is 128 Å². The van der Waals surface area contributed by atoms with E-state index < -0.39 is 6.10 Å². The number of nitrogens with zero attached hydrogens (tertiary/aromatic N) is 1. The molecule has 1 atom stereocenters. The van der Waals surface area contributed by atoms with Crippen molar-refractivity contribution < 1.29 is 9.84 Å². The largest absolute Gasteiger partial charge is 0.495 e. The zero-order chi connectivity index (χ0) is 14.3. The number of rotatable bonds is 2. The van der Waals surface area contributed by atoms with E-state index >= 15 is 0 Å². The van der Waals surface area contributed by atoms with E-state index in [0.717, 1.165) is 37.2 Å². The first-order valence-corrected chi connectivity index (χ1v) is 7.53. The van der Waals surface area contributed by atoms with E-state index in [1.54, 1.807) is 13.2 Å². The van der Waals surface area contributed by atoms with Crippen LogP contribution in [0.1, 0.15) is 18.4 Å². The number of aliphatic hydroxyl groups is 1. The molecule has 20 heavy (non-hydrogen) atoms. The van der Waals surface area contributed by atoms with E-state index in [0.29, 0.717) is 21.7 Å². The fraction of sp³-hybridized carbons (Fsp3) is 0.467. The van der Waals surface area contributed by atoms with Crippen molar-refractivity contribution in [2.75, 3.05) is 20.2 Å². The molecule has 0 aliphatic carbocycles. The summed E-state index contributed by atoms with van der Waals surface area (Å²) in [5.41, 5.74) is 1.76. The third kappa shape index (κ3) is 2.39. The molecule has 3 fully saturated rings. The summed E-state index contributed by atoms with van der Waals surface area (Å²) < 4.78 is 5.35. The molecule has 1 aromatic carbocycles. The number of methoxy groups -OCH3 is 1. The first kappa shape index (κ1) is 14.1. The molecular formula is C15H17Cl2NO2. The molecular weight excluding hydrogens is 297 g/mol. The molecule has 3 aliphatic rings. The number of hydrogen-bond donors (Lipinski definition) is 1. The maximum Gasteiger partial charge on any atom is 0.144 e. The molecule has 1 N–H and O–H groups in total. The average Bonchev–Trinajstić information content (AvgIpc) is 2.43. The molecule has 4 rings (SSSR count). The monoisotopic (exact) mass is 313 g/mol. The highest BCUT2D eigenvalue weighted by Crippen LogP contribution is 2.39. The lowest BCUT2D eigenvalue weighted by Gasteiger charge is -2.46. The zero-order valence-electron chi connectivity index (χ0n) is 11.3. The summed E-state index contributed by atoms with van der Waals surface area (Å²) in [7, 11) is 1.58. The van der Waals surface area contributed by atoms with Gasteiger partial charge in [-0.25, -0.2) is 0 Å². The van der Waals surface area contributed by atoms with Gasteiger partial charge in [0.2, 0.25) is 0 Å². The number of piperidine rings is 3. The summed E-state index contributed by atoms with van der Waals surface area (Å²) in [6.07, 6.45) is 3.67. The van der Waals surface area contributed by atoms with E-state index in [9.17, 15) is 5.11 Å². The highest BCUT2D eigenvalue weighted by atomic mass is 35.5. The van der Waals surface area contributed by atoms with Gasteiger partial charge in [-0.3, -0.25) is 0 Å². The average molecular weight is 314 g/mol. The lowest BCUT2D eigenvalue weighted by Crippen LogP contribution is -2.48. The SMILES string of the molecule is COc1c(Cl)cc(Cl)cc1/C=C1/[C@H](O)C2CCN1CC2. The van der Waals surface area contributed by atoms with Gasteiger partial charge in [0.1, 0.15) is 5.75 Å². The van der Waals surface area contributed by atoms with Crippen molar-refractivity contribution in [3.63, 3.8) is 0 Å². The minimum atomic E-state index is -0.403. The quantitative estimate of drug-likeness (QED) is 0.908. The molecule has 3 heterocycles. The van der Waals surface area contributed by atoms with Crippen LogP contribution >= 0.6 is 23.2 Å². The summed E-state index contributed by atoms with van der Waals surface area (Å²) in [4.78, 5) is 2.24. The Kier molecular flexibility index (Phi) is 3.85. The maximum atomic E-state index is 10.4. The second-order valence-electron chi connectivity index (χ2n) is 5.35. The number of ether oxygens (including phenoxy) is 1. The second kappa shape index (κ2) is 5.47. The number of halogens is 2. The Balaban J connectivity index is 2.03. The van der Waals surface area contributed by atoms with Crippen LogP contribution in [-0.2, 0) is 0 Å². The van der Waals surface area contributed by atoms with Crippen LogP contribution < -0.4 is 4.74 Å². The van der Waals surface area contributed by atoms with Crippen LogP contribution in [0, 0.1) is 5.92 Å². The highest BCUT2D eigenvalue weighted by molar-refractivity contribution is 6.35. The van der Waals surface area contributed by atoms with Gasteiger partial charge in [-0.2, -0.15) is 0 Å². The van der Waals surface area contributed by atoms with Crippen molar-refractivity contribution in [2.45, 2.75) is 18.9 Å². The Morgan fingerprint density at radius 2 is 2.00 bits per heavy atom. The zero-order valence-corrected chi connectivity index (χ0v) is 12.8. The fourth-order valence-electron chi connectivity index (χ4n) is 3.14. The first-order valence-electron chi connectivity index (χ1n) is 6.78. The minimum Gasteiger partial charge on any atom is -0.495 e. The molecule has 0 aromatic heterocycles. The van der Waals surface area contributed by atoms with E-state index in [4.69, 9.17) is 27.9 Å². The lowest BCUT2D eigenvalue weighted by atomic mass is 9.83. The Morgan fingerprint density at radius 3 is 2.60 bits per heavy atom. The van der Waals surface area contributed by atoms with Gasteiger partial charge in [0.25, 0.3) is 0 Å². The van der Waals surface area contributed by atoms with E-state index in [1.807, 2.05) is 12.1 Å². The molecule has 0 spiro atoms. The van der Waals surface area contributed by atoms with E-state index in [-0.39, 0.29) is 0 Å². The van der Waals surface area contributed by atoms with Crippen molar-refractivity contribution in [3.8, 4) is 5.75 Å². The predicted octanol–water partition coefficient (Wildman–Crippen LogP) is 3.43. The topological polar surface area (TPSA) is 32.7 Å². The molecule has 0 radical (unpaired) electrons. The van der Waals surface area contributed by atoms with Gasteiger partial charge in [0, 0.05) is 29.4 Å². The van der Waals surface area contributed by atoms with Crippen LogP contribution in [0.25, 0.3) is 6.08 Å². The van der Waals surface area contributed by atoms with E-state index in [2.05, 4.69) is 4.90 Å². The number of hydrogen-bond acceptors (Lipinski definition) is 3. The molecule has 3 aliphatic heterocycles. The standard InChI is InChI=1S/C15H17Cl2NO2/c1-20-15-10(6-11(16)8-12(15)17)7-13-14(19)9-2-4-18(13)5-3-9/h6-9,14,19H,2-5H2,1H3/b13-7-/t14-/m1/s1. The maximum absolute atomic E-state index is 10.4. The first-order chi connectivity index (χ1) is 9.60. The molecule has 0 amide bonds. The molecule has 0 saturated carbocycles. The van der Waals surface area contributed by atoms with Gasteiger partial charge in [-0.05, 0) is 37.0 Å². The van der Waals surface area contributed by atoms with Crippen LogP contribution in [0.4, 0.5) is 0 Å². The second-order valence-corrected chi connectivity index (χ2v) is 6.19. The van der Waals surface area contributed by atoms with Crippen LogP contribution in [0.3, 0.4) is 0 Å². The van der Waals surface area contributed by atoms with Gasteiger partial charge in [-0.1, -0.05) is 23.2 Å². The molecule has 2 bridgehead atoms. The summed E-state index contributed by atoms with van der Waals surface area (Å²) in [6, 6.07) is 3.48. The summed E-state index contributed by atoms with van der Waals surface area (Å²) in [6.45, 7) is 2.01. The minimum absolute atomic E-state index is 0.368. The normalized spacial score (nSPS) is 27.2. The number of aliphatic hydroxyl groups excluding tert-OH is 1. The highest BCUT2D eigenvalue weighted by Gasteiger charge is 2.36. The van der Waals surface area contributed by atoms with Crippen molar-refractivity contribution in [2.24, 2.45) is 5.92 Å². The summed E-state index contributed by atoms with van der Waals surface area (Å²) in [5, 5.41) is 11.5. The molecule has 0 unspecified atom stereocenters. The van der Waals surface area contributed by atoms with Gasteiger partial charge in [0.05, 0.1) is 18.2 Å². The van der Waals surface area contributed by atoms with Gasteiger partial charge in [-0.15, -0.1) is 0 Å². The fourth-order valence-corrected chi connectivity index (χ4v) is 3.73. The summed E-state index contributed by atoms with van der Waals surface area (Å²) >= 11 is 12.2. The smallest absolute Gasteiger partial charge is 0.144 e. The Morgan fingerprint density at radius 1 is 1.30 bits per heavy atom. The Bertz CT molecular complexity index is 547. The number of benzene rings is 1. The lowest BCUT2D eigenvalue weighted by molar-refractivity contribution is 0.0215. The van der Waals surface area contributed by atoms with Crippen LogP contribution in [-0.4, -0.2) is 36.3 Å². The van der Waals surface area contributed by atoms with Crippen molar-refractivity contribution in [1.29, 1.82) is 0 Å². The van der Waals surface area contributed by atoms with Crippen LogP contribution in [0.5, 0.6) is 5.75 Å². The van der Waals surface area contributed by atoms with Crippen molar-refractivity contribution in [3.05, 3.63) is 33.4 Å².